The highest BCUT2D eigenvalue weighted by Gasteiger charge is 1.82. The van der Waals surface area contributed by atoms with Crippen LogP contribution in [-0.4, -0.2) is 0 Å². The second kappa shape index (κ2) is 3.10. The van der Waals surface area contributed by atoms with E-state index in [1.807, 2.05) is 0 Å². The zero-order valence-corrected chi connectivity index (χ0v) is 4.85. The molecule has 0 aromatic heterocycles. The SMILES string of the molecule is C=C(N)/C=C(\C)ON. The van der Waals surface area contributed by atoms with E-state index < -0.39 is 0 Å². The average Bonchev–Trinajstić information content (AvgIpc) is 1.65. The predicted octanol–water partition coefficient (Wildman–Crippen LogP) is 0.253. The maximum atomic E-state index is 5.16. The van der Waals surface area contributed by atoms with E-state index >= 15 is 0 Å². The van der Waals surface area contributed by atoms with Crippen molar-refractivity contribution in [3.05, 3.63) is 24.1 Å². The molecular formula is C5H10N2O. The minimum Gasteiger partial charge on any atom is -0.416 e. The molecule has 3 heteroatoms. The maximum absolute atomic E-state index is 5.16. The summed E-state index contributed by atoms with van der Waals surface area (Å²) in [5.41, 5.74) is 5.60. The topological polar surface area (TPSA) is 61.3 Å². The lowest BCUT2D eigenvalue weighted by Crippen LogP contribution is -1.98. The summed E-state index contributed by atoms with van der Waals surface area (Å²) in [5, 5.41) is 0. The van der Waals surface area contributed by atoms with E-state index in [4.69, 9.17) is 11.6 Å². The highest BCUT2D eigenvalue weighted by atomic mass is 16.6. The molecule has 0 aliphatic carbocycles. The Morgan fingerprint density at radius 2 is 2.25 bits per heavy atom. The van der Waals surface area contributed by atoms with Crippen LogP contribution in [0.15, 0.2) is 24.1 Å². The summed E-state index contributed by atoms with van der Waals surface area (Å²) >= 11 is 0. The van der Waals surface area contributed by atoms with Gasteiger partial charge in [0.2, 0.25) is 0 Å². The van der Waals surface area contributed by atoms with Crippen LogP contribution in [0.2, 0.25) is 0 Å². The second-order valence-electron chi connectivity index (χ2n) is 1.45. The molecule has 0 bridgehead atoms. The van der Waals surface area contributed by atoms with Gasteiger partial charge < -0.3 is 10.6 Å². The second-order valence-corrected chi connectivity index (χ2v) is 1.45. The Morgan fingerprint density at radius 3 is 2.38 bits per heavy atom. The molecule has 3 nitrogen and oxygen atoms in total. The summed E-state index contributed by atoms with van der Waals surface area (Å²) < 4.78 is 0. The monoisotopic (exact) mass is 114 g/mol. The molecule has 0 saturated carbocycles. The largest absolute Gasteiger partial charge is 0.416 e. The van der Waals surface area contributed by atoms with Gasteiger partial charge in [-0.1, -0.05) is 6.58 Å². The van der Waals surface area contributed by atoms with Crippen molar-refractivity contribution in [1.29, 1.82) is 0 Å². The molecule has 0 radical (unpaired) electrons. The Balaban J connectivity index is 3.75. The van der Waals surface area contributed by atoms with E-state index in [1.54, 1.807) is 13.0 Å². The molecule has 0 spiro atoms. The van der Waals surface area contributed by atoms with Gasteiger partial charge in [0.15, 0.2) is 0 Å². The first kappa shape index (κ1) is 7.04. The van der Waals surface area contributed by atoms with Crippen molar-refractivity contribution >= 4 is 0 Å². The van der Waals surface area contributed by atoms with Crippen LogP contribution in [-0.2, 0) is 4.84 Å². The summed E-state index contributed by atoms with van der Waals surface area (Å²) in [6, 6.07) is 0. The van der Waals surface area contributed by atoms with E-state index in [0.717, 1.165) is 0 Å². The summed E-state index contributed by atoms with van der Waals surface area (Å²) in [7, 11) is 0. The first-order valence-corrected chi connectivity index (χ1v) is 2.16. The number of nitrogens with two attached hydrogens (primary N) is 2. The molecule has 0 aromatic rings. The third-order valence-corrected chi connectivity index (χ3v) is 0.575. The molecule has 0 amide bonds. The third-order valence-electron chi connectivity index (χ3n) is 0.575. The molecule has 4 N–H and O–H groups in total. The van der Waals surface area contributed by atoms with E-state index in [2.05, 4.69) is 11.4 Å². The van der Waals surface area contributed by atoms with Crippen LogP contribution in [0.4, 0.5) is 0 Å². The molecule has 0 fully saturated rings. The van der Waals surface area contributed by atoms with Crippen molar-refractivity contribution in [3.8, 4) is 0 Å². The van der Waals surface area contributed by atoms with Crippen LogP contribution >= 0.6 is 0 Å². The van der Waals surface area contributed by atoms with Crippen molar-refractivity contribution in [3.63, 3.8) is 0 Å². The minimum atomic E-state index is 0.438. The van der Waals surface area contributed by atoms with Crippen LogP contribution in [0.3, 0.4) is 0 Å². The van der Waals surface area contributed by atoms with E-state index in [9.17, 15) is 0 Å². The van der Waals surface area contributed by atoms with Gasteiger partial charge in [0, 0.05) is 11.8 Å². The molecule has 0 atom stereocenters. The maximum Gasteiger partial charge on any atom is 0.122 e. The Morgan fingerprint density at radius 1 is 1.75 bits per heavy atom. The molecule has 0 unspecified atom stereocenters. The highest BCUT2D eigenvalue weighted by Crippen LogP contribution is 1.91. The van der Waals surface area contributed by atoms with Gasteiger partial charge >= 0.3 is 0 Å². The number of rotatable bonds is 2. The van der Waals surface area contributed by atoms with Crippen molar-refractivity contribution in [2.24, 2.45) is 11.6 Å². The number of allylic oxidation sites excluding steroid dienone is 2. The lowest BCUT2D eigenvalue weighted by Gasteiger charge is -1.94. The lowest BCUT2D eigenvalue weighted by molar-refractivity contribution is 0.222. The highest BCUT2D eigenvalue weighted by molar-refractivity contribution is 5.11. The van der Waals surface area contributed by atoms with Crippen LogP contribution < -0.4 is 11.6 Å². The summed E-state index contributed by atoms with van der Waals surface area (Å²) in [4.78, 5) is 4.28. The molecule has 0 aromatic carbocycles. The molecule has 0 aliphatic heterocycles. The number of hydrogen-bond acceptors (Lipinski definition) is 3. The number of hydrogen-bond donors (Lipinski definition) is 2. The molecule has 46 valence electrons. The minimum absolute atomic E-state index is 0.438. The smallest absolute Gasteiger partial charge is 0.122 e. The quantitative estimate of drug-likeness (QED) is 0.307. The normalized spacial score (nSPS) is 11.0. The third kappa shape index (κ3) is 3.24. The Labute approximate surface area is 48.6 Å². The molecule has 0 aliphatic rings. The van der Waals surface area contributed by atoms with Crippen LogP contribution in [0.1, 0.15) is 6.92 Å². The van der Waals surface area contributed by atoms with Gasteiger partial charge in [-0.15, -0.1) is 0 Å². The van der Waals surface area contributed by atoms with Crippen LogP contribution in [0, 0.1) is 0 Å². The lowest BCUT2D eigenvalue weighted by atomic mass is 10.4. The summed E-state index contributed by atoms with van der Waals surface area (Å²) in [5.74, 6) is 5.31. The van der Waals surface area contributed by atoms with Crippen molar-refractivity contribution in [2.75, 3.05) is 0 Å². The Kier molecular flexibility index (Phi) is 2.72. The van der Waals surface area contributed by atoms with Gasteiger partial charge in [0.1, 0.15) is 5.76 Å². The van der Waals surface area contributed by atoms with Crippen LogP contribution in [0.5, 0.6) is 0 Å². The van der Waals surface area contributed by atoms with Crippen molar-refractivity contribution in [2.45, 2.75) is 6.92 Å². The van der Waals surface area contributed by atoms with Crippen LogP contribution in [0.25, 0.3) is 0 Å². The molecule has 0 rings (SSSR count). The van der Waals surface area contributed by atoms with Gasteiger partial charge in [-0.2, -0.15) is 5.90 Å². The molecule has 0 saturated heterocycles. The summed E-state index contributed by atoms with van der Waals surface area (Å²) in [6.07, 6.45) is 1.54. The Hall–Kier alpha value is -0.960. The van der Waals surface area contributed by atoms with Crippen molar-refractivity contribution < 1.29 is 4.84 Å². The first-order chi connectivity index (χ1) is 3.66. The Bertz CT molecular complexity index is 118. The van der Waals surface area contributed by atoms with Gasteiger partial charge in [-0.3, -0.25) is 0 Å². The molecule has 8 heavy (non-hydrogen) atoms. The van der Waals surface area contributed by atoms with Gasteiger partial charge in [0.05, 0.1) is 0 Å². The zero-order valence-electron chi connectivity index (χ0n) is 4.85. The molecular weight excluding hydrogens is 104 g/mol. The van der Waals surface area contributed by atoms with E-state index in [0.29, 0.717) is 11.5 Å². The predicted molar refractivity (Wildman–Crippen MR) is 32.4 cm³/mol. The summed E-state index contributed by atoms with van der Waals surface area (Å²) in [6.45, 7) is 5.10. The van der Waals surface area contributed by atoms with Gasteiger partial charge in [-0.05, 0) is 6.92 Å². The molecule has 0 heterocycles. The van der Waals surface area contributed by atoms with Gasteiger partial charge in [0.25, 0.3) is 0 Å². The fourth-order valence-electron chi connectivity index (χ4n) is 0.295. The van der Waals surface area contributed by atoms with E-state index in [1.165, 1.54) is 0 Å². The van der Waals surface area contributed by atoms with Gasteiger partial charge in [-0.25, -0.2) is 0 Å². The average molecular weight is 114 g/mol. The van der Waals surface area contributed by atoms with Crippen molar-refractivity contribution in [1.82, 2.24) is 0 Å². The zero-order chi connectivity index (χ0) is 6.57. The fourth-order valence-corrected chi connectivity index (χ4v) is 0.295. The fraction of sp³-hybridized carbons (Fsp3) is 0.200. The van der Waals surface area contributed by atoms with E-state index in [-0.39, 0.29) is 0 Å². The standard InChI is InChI=1S/C5H10N2O/c1-4(6)3-5(2)8-7/h3H,1,6-7H2,2H3/b5-3+. The first-order valence-electron chi connectivity index (χ1n) is 2.16.